The topological polar surface area (TPSA) is 67.1 Å². The number of nitrogens with zero attached hydrogens (tertiary/aromatic N) is 4. The Bertz CT molecular complexity index is 479. The summed E-state index contributed by atoms with van der Waals surface area (Å²) in [6, 6.07) is 0.999. The lowest BCUT2D eigenvalue weighted by molar-refractivity contribution is 0.363. The molecule has 0 radical (unpaired) electrons. The zero-order chi connectivity index (χ0) is 13.2. The number of aromatic nitrogens is 3. The van der Waals surface area contributed by atoms with E-state index in [1.54, 1.807) is 0 Å². The number of aryl methyl sites for hydroxylation is 2. The van der Waals surface area contributed by atoms with Crippen molar-refractivity contribution in [3.05, 3.63) is 11.6 Å². The summed E-state index contributed by atoms with van der Waals surface area (Å²) in [7, 11) is 1.84. The zero-order valence-electron chi connectivity index (χ0n) is 12.1. The van der Waals surface area contributed by atoms with Gasteiger partial charge >= 0.3 is 0 Å². The fourth-order valence-corrected chi connectivity index (χ4v) is 2.66. The van der Waals surface area contributed by atoms with Crippen LogP contribution in [0, 0.1) is 6.92 Å². The number of rotatable bonds is 2. The van der Waals surface area contributed by atoms with Gasteiger partial charge in [0.2, 0.25) is 0 Å². The van der Waals surface area contributed by atoms with Crippen LogP contribution < -0.4 is 10.6 Å². The largest absolute Gasteiger partial charge is 0.354 e. The monoisotopic (exact) mass is 390 g/mol. The van der Waals surface area contributed by atoms with Gasteiger partial charge < -0.3 is 10.6 Å². The zero-order valence-corrected chi connectivity index (χ0v) is 14.4. The molecule has 1 aromatic rings. The second-order valence-electron chi connectivity index (χ2n) is 5.48. The Kier molecular flexibility index (Phi) is 5.22. The van der Waals surface area contributed by atoms with Crippen molar-refractivity contribution in [3.63, 3.8) is 0 Å². The fourth-order valence-electron chi connectivity index (χ4n) is 2.66. The normalized spacial score (nSPS) is 22.5. The second kappa shape index (κ2) is 6.73. The first-order chi connectivity index (χ1) is 9.24. The van der Waals surface area contributed by atoms with E-state index in [1.165, 1.54) is 19.3 Å². The van der Waals surface area contributed by atoms with Crippen LogP contribution >= 0.6 is 24.0 Å². The van der Waals surface area contributed by atoms with Crippen LogP contribution in [-0.4, -0.2) is 39.9 Å². The quantitative estimate of drug-likeness (QED) is 0.453. The SMILES string of the molecule is CN=C(NC1CCC1)NC1CCc2nc(C)nn2C1.I. The van der Waals surface area contributed by atoms with E-state index in [-0.39, 0.29) is 24.0 Å². The molecule has 1 unspecified atom stereocenters. The summed E-state index contributed by atoms with van der Waals surface area (Å²) in [5, 5.41) is 11.4. The van der Waals surface area contributed by atoms with E-state index in [0.717, 1.165) is 37.0 Å². The van der Waals surface area contributed by atoms with Gasteiger partial charge in [-0.15, -0.1) is 24.0 Å². The summed E-state index contributed by atoms with van der Waals surface area (Å²) in [4.78, 5) is 8.75. The van der Waals surface area contributed by atoms with Crippen LogP contribution in [0.1, 0.15) is 37.3 Å². The lowest BCUT2D eigenvalue weighted by Crippen LogP contribution is -2.51. The Morgan fingerprint density at radius 3 is 2.65 bits per heavy atom. The number of fused-ring (bicyclic) bond motifs is 1. The van der Waals surface area contributed by atoms with E-state index in [9.17, 15) is 0 Å². The molecule has 2 aliphatic rings. The third kappa shape index (κ3) is 3.42. The minimum absolute atomic E-state index is 0. The molecule has 0 spiro atoms. The van der Waals surface area contributed by atoms with Gasteiger partial charge in [-0.3, -0.25) is 4.99 Å². The van der Waals surface area contributed by atoms with Gasteiger partial charge in [0.25, 0.3) is 0 Å². The summed E-state index contributed by atoms with van der Waals surface area (Å²) < 4.78 is 2.02. The number of nitrogens with one attached hydrogen (secondary N) is 2. The maximum atomic E-state index is 4.43. The molecule has 0 aromatic carbocycles. The molecular weight excluding hydrogens is 367 g/mol. The van der Waals surface area contributed by atoms with Crippen molar-refractivity contribution in [2.24, 2.45) is 4.99 Å². The van der Waals surface area contributed by atoms with E-state index in [2.05, 4.69) is 25.7 Å². The lowest BCUT2D eigenvalue weighted by Gasteiger charge is -2.31. The van der Waals surface area contributed by atoms with Crippen molar-refractivity contribution in [2.75, 3.05) is 7.05 Å². The van der Waals surface area contributed by atoms with Crippen LogP contribution in [-0.2, 0) is 13.0 Å². The van der Waals surface area contributed by atoms with Crippen molar-refractivity contribution >= 4 is 29.9 Å². The summed E-state index contributed by atoms with van der Waals surface area (Å²) in [6.07, 6.45) is 5.93. The molecule has 1 aliphatic carbocycles. The van der Waals surface area contributed by atoms with E-state index in [0.29, 0.717) is 12.1 Å². The predicted octanol–water partition coefficient (Wildman–Crippen LogP) is 1.24. The molecule has 0 saturated heterocycles. The molecule has 1 fully saturated rings. The van der Waals surface area contributed by atoms with E-state index in [4.69, 9.17) is 0 Å². The second-order valence-corrected chi connectivity index (χ2v) is 5.48. The molecule has 2 N–H and O–H groups in total. The summed E-state index contributed by atoms with van der Waals surface area (Å²) in [5.41, 5.74) is 0. The number of aliphatic imine (C=N–C) groups is 1. The minimum atomic E-state index is 0. The van der Waals surface area contributed by atoms with Crippen LogP contribution in [0.5, 0.6) is 0 Å². The highest BCUT2D eigenvalue weighted by molar-refractivity contribution is 14.0. The van der Waals surface area contributed by atoms with E-state index >= 15 is 0 Å². The Balaban J connectivity index is 0.00000147. The van der Waals surface area contributed by atoms with Gasteiger partial charge in [-0.05, 0) is 32.6 Å². The Morgan fingerprint density at radius 1 is 1.25 bits per heavy atom. The van der Waals surface area contributed by atoms with Gasteiger partial charge in [-0.1, -0.05) is 0 Å². The molecule has 0 bridgehead atoms. The molecule has 0 amide bonds. The van der Waals surface area contributed by atoms with Crippen LogP contribution in [0.2, 0.25) is 0 Å². The maximum absolute atomic E-state index is 4.43. The highest BCUT2D eigenvalue weighted by Crippen LogP contribution is 2.18. The average molecular weight is 390 g/mol. The minimum Gasteiger partial charge on any atom is -0.354 e. The van der Waals surface area contributed by atoms with Gasteiger partial charge in [0.15, 0.2) is 5.96 Å². The molecule has 6 nitrogen and oxygen atoms in total. The number of hydrogen-bond donors (Lipinski definition) is 2. The maximum Gasteiger partial charge on any atom is 0.191 e. The molecular formula is C13H23IN6. The van der Waals surface area contributed by atoms with Crippen LogP contribution in [0.15, 0.2) is 4.99 Å². The summed E-state index contributed by atoms with van der Waals surface area (Å²) >= 11 is 0. The molecule has 1 saturated carbocycles. The molecule has 3 rings (SSSR count). The van der Waals surface area contributed by atoms with Gasteiger partial charge in [0, 0.05) is 25.6 Å². The van der Waals surface area contributed by atoms with Crippen LogP contribution in [0.3, 0.4) is 0 Å². The van der Waals surface area contributed by atoms with Gasteiger partial charge in [0.1, 0.15) is 11.6 Å². The average Bonchev–Trinajstić information content (AvgIpc) is 2.71. The lowest BCUT2D eigenvalue weighted by atomic mass is 9.93. The van der Waals surface area contributed by atoms with Gasteiger partial charge in [0.05, 0.1) is 6.54 Å². The first-order valence-corrected chi connectivity index (χ1v) is 7.15. The van der Waals surface area contributed by atoms with Crippen molar-refractivity contribution in [1.82, 2.24) is 25.4 Å². The third-order valence-electron chi connectivity index (χ3n) is 3.97. The molecule has 1 aromatic heterocycles. The third-order valence-corrected chi connectivity index (χ3v) is 3.97. The molecule has 1 aliphatic heterocycles. The van der Waals surface area contributed by atoms with E-state index in [1.807, 2.05) is 18.7 Å². The Labute approximate surface area is 136 Å². The van der Waals surface area contributed by atoms with Crippen molar-refractivity contribution in [1.29, 1.82) is 0 Å². The first-order valence-electron chi connectivity index (χ1n) is 7.15. The van der Waals surface area contributed by atoms with Crippen LogP contribution in [0.4, 0.5) is 0 Å². The van der Waals surface area contributed by atoms with Crippen LogP contribution in [0.25, 0.3) is 0 Å². The van der Waals surface area contributed by atoms with Crippen molar-refractivity contribution in [2.45, 2.75) is 57.7 Å². The molecule has 20 heavy (non-hydrogen) atoms. The standard InChI is InChI=1S/C13H22N6.HI/c1-9-15-12-7-6-11(8-19(12)18-9)17-13(14-2)16-10-4-3-5-10;/h10-11H,3-8H2,1-2H3,(H2,14,16,17);1H. The summed E-state index contributed by atoms with van der Waals surface area (Å²) in [5.74, 6) is 2.90. The molecule has 112 valence electrons. The molecule has 7 heteroatoms. The number of hydrogen-bond acceptors (Lipinski definition) is 3. The van der Waals surface area contributed by atoms with Crippen molar-refractivity contribution in [3.8, 4) is 0 Å². The predicted molar refractivity (Wildman–Crippen MR) is 89.6 cm³/mol. The van der Waals surface area contributed by atoms with Gasteiger partial charge in [-0.25, -0.2) is 9.67 Å². The smallest absolute Gasteiger partial charge is 0.191 e. The number of halogens is 1. The van der Waals surface area contributed by atoms with Crippen molar-refractivity contribution < 1.29 is 0 Å². The summed E-state index contributed by atoms with van der Waals surface area (Å²) in [6.45, 7) is 2.83. The number of guanidine groups is 1. The fraction of sp³-hybridized carbons (Fsp3) is 0.769. The highest BCUT2D eigenvalue weighted by Gasteiger charge is 2.23. The molecule has 1 atom stereocenters. The first kappa shape index (κ1) is 15.5. The Morgan fingerprint density at radius 2 is 2.00 bits per heavy atom. The van der Waals surface area contributed by atoms with E-state index < -0.39 is 0 Å². The molecule has 2 heterocycles. The highest BCUT2D eigenvalue weighted by atomic mass is 127. The Hall–Kier alpha value is -0.860. The van der Waals surface area contributed by atoms with Gasteiger partial charge in [-0.2, -0.15) is 5.10 Å².